The lowest BCUT2D eigenvalue weighted by Crippen LogP contribution is -2.38. The highest BCUT2D eigenvalue weighted by atomic mass is 19.4. The van der Waals surface area contributed by atoms with E-state index >= 15 is 0 Å². The molecule has 1 aromatic heterocycles. The number of H-pyrrole nitrogens is 1. The van der Waals surface area contributed by atoms with Gasteiger partial charge in [0.05, 0.1) is 34.5 Å². The number of amides is 1. The van der Waals surface area contributed by atoms with Crippen LogP contribution in [0.1, 0.15) is 43.4 Å². The normalized spacial score (nSPS) is 20.0. The van der Waals surface area contributed by atoms with E-state index in [4.69, 9.17) is 4.74 Å². The van der Waals surface area contributed by atoms with E-state index in [1.54, 1.807) is 13.8 Å². The van der Waals surface area contributed by atoms with Gasteiger partial charge in [0.1, 0.15) is 12.0 Å². The van der Waals surface area contributed by atoms with Gasteiger partial charge >= 0.3 is 24.7 Å². The number of carbonyl (C=O) groups excluding carboxylic acids is 1. The highest BCUT2D eigenvalue weighted by Crippen LogP contribution is 2.46. The van der Waals surface area contributed by atoms with Crippen molar-refractivity contribution in [2.45, 2.75) is 64.0 Å². The van der Waals surface area contributed by atoms with Crippen LogP contribution in [0.2, 0.25) is 0 Å². The Labute approximate surface area is 237 Å². The second kappa shape index (κ2) is 10.7. The smallest absolute Gasteiger partial charge is 0.446 e. The average molecular weight is 622 g/mol. The van der Waals surface area contributed by atoms with Crippen LogP contribution in [0.4, 0.5) is 45.9 Å². The first kappa shape index (κ1) is 30.1. The van der Waals surface area contributed by atoms with E-state index in [0.717, 1.165) is 0 Å². The van der Waals surface area contributed by atoms with Crippen molar-refractivity contribution >= 4 is 12.0 Å². The average Bonchev–Trinajstić information content (AvgIpc) is 3.50. The Morgan fingerprint density at radius 2 is 1.84 bits per heavy atom. The van der Waals surface area contributed by atoms with E-state index in [1.807, 2.05) is 0 Å². The molecule has 5 rings (SSSR count). The second-order valence-electron chi connectivity index (χ2n) is 10.0. The van der Waals surface area contributed by atoms with Crippen molar-refractivity contribution < 1.29 is 54.1 Å². The molecular weight excluding hydrogens is 600 g/mol. The summed E-state index contributed by atoms with van der Waals surface area (Å²) in [4.78, 5) is 15.5. The number of nitrogens with one attached hydrogen (secondary N) is 1. The molecule has 0 fully saturated rings. The van der Waals surface area contributed by atoms with E-state index < -0.39 is 60.1 Å². The molecule has 1 aliphatic carbocycles. The number of fused-ring (bicyclic) bond motifs is 2. The number of rotatable bonds is 5. The summed E-state index contributed by atoms with van der Waals surface area (Å²) in [6.45, 7) is 2.61. The Morgan fingerprint density at radius 1 is 1.16 bits per heavy atom. The van der Waals surface area contributed by atoms with Gasteiger partial charge in [0.25, 0.3) is 5.95 Å². The number of benzene rings is 1. The SMILES string of the molecule is CC(C)OC(=O)N1CCCC(N(Cc2cc(C(F)(F)F)cc(C(F)(F)F)c2)c2nn[nH]n2)C2=C1C1=COC(F)(F)OC1=C2. The Balaban J connectivity index is 1.64. The molecule has 1 N–H and O–H groups in total. The zero-order valence-corrected chi connectivity index (χ0v) is 22.3. The van der Waals surface area contributed by atoms with E-state index in [2.05, 4.69) is 30.1 Å². The van der Waals surface area contributed by atoms with Gasteiger partial charge < -0.3 is 19.1 Å². The minimum absolute atomic E-state index is 0.00273. The summed E-state index contributed by atoms with van der Waals surface area (Å²) in [6, 6.07) is 0.147. The van der Waals surface area contributed by atoms with Gasteiger partial charge in [-0.2, -0.15) is 31.6 Å². The molecule has 2 aliphatic heterocycles. The molecule has 0 radical (unpaired) electrons. The molecule has 10 nitrogen and oxygen atoms in total. The summed E-state index contributed by atoms with van der Waals surface area (Å²) in [5.41, 5.74) is -3.29. The van der Waals surface area contributed by atoms with Gasteiger partial charge in [-0.05, 0) is 61.7 Å². The summed E-state index contributed by atoms with van der Waals surface area (Å²) in [5, 5.41) is 13.4. The van der Waals surface area contributed by atoms with Crippen LogP contribution >= 0.6 is 0 Å². The zero-order chi connectivity index (χ0) is 31.3. The first-order valence-corrected chi connectivity index (χ1v) is 12.7. The van der Waals surface area contributed by atoms with Crippen LogP contribution in [0.3, 0.4) is 0 Å². The summed E-state index contributed by atoms with van der Waals surface area (Å²) >= 11 is 0. The number of nitrogens with zero attached hydrogens (tertiary/aromatic N) is 5. The second-order valence-corrected chi connectivity index (χ2v) is 10.0. The van der Waals surface area contributed by atoms with Crippen LogP contribution in [0.15, 0.2) is 53.1 Å². The van der Waals surface area contributed by atoms with Gasteiger partial charge in [-0.1, -0.05) is 5.10 Å². The molecule has 0 saturated carbocycles. The fourth-order valence-corrected chi connectivity index (χ4v) is 4.98. The highest BCUT2D eigenvalue weighted by molar-refractivity contribution is 5.75. The molecule has 232 valence electrons. The van der Waals surface area contributed by atoms with E-state index in [0.29, 0.717) is 18.4 Å². The number of anilines is 1. The van der Waals surface area contributed by atoms with Gasteiger partial charge in [-0.25, -0.2) is 4.79 Å². The monoisotopic (exact) mass is 622 g/mol. The molecule has 1 atom stereocenters. The zero-order valence-electron chi connectivity index (χ0n) is 22.3. The van der Waals surface area contributed by atoms with Crippen LogP contribution in [0.5, 0.6) is 0 Å². The molecule has 0 bridgehead atoms. The van der Waals surface area contributed by atoms with Crippen molar-refractivity contribution in [3.05, 3.63) is 69.8 Å². The fraction of sp³-hybridized carbons (Fsp3) is 0.440. The highest BCUT2D eigenvalue weighted by Gasteiger charge is 2.47. The van der Waals surface area contributed by atoms with Crippen LogP contribution in [-0.2, 0) is 33.1 Å². The summed E-state index contributed by atoms with van der Waals surface area (Å²) in [6.07, 6.45) is -13.3. The number of hydrogen-bond acceptors (Lipinski definition) is 8. The summed E-state index contributed by atoms with van der Waals surface area (Å²) in [7, 11) is 0. The van der Waals surface area contributed by atoms with Crippen molar-refractivity contribution in [2.24, 2.45) is 0 Å². The van der Waals surface area contributed by atoms with Gasteiger partial charge in [-0.15, -0.1) is 13.9 Å². The number of hydrogen-bond donors (Lipinski definition) is 1. The van der Waals surface area contributed by atoms with Crippen molar-refractivity contribution in [1.82, 2.24) is 25.5 Å². The number of tetrazole rings is 1. The maximum atomic E-state index is 14.0. The first-order chi connectivity index (χ1) is 20.0. The molecule has 1 amide bonds. The molecule has 0 spiro atoms. The third-order valence-electron chi connectivity index (χ3n) is 6.64. The third-order valence-corrected chi connectivity index (χ3v) is 6.64. The minimum Gasteiger partial charge on any atom is -0.446 e. The summed E-state index contributed by atoms with van der Waals surface area (Å²) < 4.78 is 124. The Morgan fingerprint density at radius 3 is 2.42 bits per heavy atom. The number of halogens is 8. The quantitative estimate of drug-likeness (QED) is 0.412. The molecule has 18 heteroatoms. The molecule has 1 aromatic carbocycles. The van der Waals surface area contributed by atoms with Crippen LogP contribution in [-0.4, -0.2) is 56.6 Å². The lowest BCUT2D eigenvalue weighted by atomic mass is 9.99. The summed E-state index contributed by atoms with van der Waals surface area (Å²) in [5.74, 6) is -0.590. The van der Waals surface area contributed by atoms with Gasteiger partial charge in [-0.3, -0.25) is 4.90 Å². The third kappa shape index (κ3) is 6.22. The largest absolute Gasteiger partial charge is 0.585 e. The number of alkyl halides is 8. The molecule has 2 aromatic rings. The molecule has 3 aliphatic rings. The number of ether oxygens (including phenoxy) is 3. The molecular formula is C25H22F8N6O4. The first-order valence-electron chi connectivity index (χ1n) is 12.7. The minimum atomic E-state index is -5.09. The predicted molar refractivity (Wildman–Crippen MR) is 128 cm³/mol. The van der Waals surface area contributed by atoms with E-state index in [-0.39, 0.29) is 54.0 Å². The number of aromatic amines is 1. The molecule has 3 heterocycles. The Bertz CT molecular complexity index is 1450. The maximum Gasteiger partial charge on any atom is 0.585 e. The lowest BCUT2D eigenvalue weighted by molar-refractivity contribution is -0.361. The van der Waals surface area contributed by atoms with Crippen molar-refractivity contribution in [3.8, 4) is 0 Å². The van der Waals surface area contributed by atoms with Gasteiger partial charge in [0.15, 0.2) is 0 Å². The van der Waals surface area contributed by atoms with E-state index in [9.17, 15) is 39.9 Å². The Hall–Kier alpha value is -4.38. The predicted octanol–water partition coefficient (Wildman–Crippen LogP) is 5.89. The van der Waals surface area contributed by atoms with Crippen LogP contribution in [0, 0.1) is 0 Å². The lowest BCUT2D eigenvalue weighted by Gasteiger charge is -2.31. The maximum absolute atomic E-state index is 14.0. The van der Waals surface area contributed by atoms with Crippen molar-refractivity contribution in [3.63, 3.8) is 0 Å². The van der Waals surface area contributed by atoms with Gasteiger partial charge in [0.2, 0.25) is 0 Å². The van der Waals surface area contributed by atoms with Gasteiger partial charge in [0, 0.05) is 18.7 Å². The fourth-order valence-electron chi connectivity index (χ4n) is 4.98. The number of carbonyl (C=O) groups is 1. The van der Waals surface area contributed by atoms with Crippen LogP contribution in [0.25, 0.3) is 0 Å². The van der Waals surface area contributed by atoms with Crippen LogP contribution < -0.4 is 4.90 Å². The standard InChI is InChI=1S/C25H22F8N6O4/c1-12(2)42-22(40)38-5-3-4-18(16-9-19-17(20(16)38)11-41-25(32,33)43-19)39(21-34-36-37-35-21)10-13-6-14(23(26,27)28)8-15(7-13)24(29,30)31/h6-9,11-12,18H,3-5,10H2,1-2H3,(H,34,35,36,37). The molecule has 0 saturated heterocycles. The number of aromatic nitrogens is 4. The molecule has 43 heavy (non-hydrogen) atoms. The topological polar surface area (TPSA) is 106 Å². The Kier molecular flexibility index (Phi) is 7.50. The molecule has 1 unspecified atom stereocenters. The van der Waals surface area contributed by atoms with Crippen molar-refractivity contribution in [1.29, 1.82) is 0 Å². The van der Waals surface area contributed by atoms with Crippen molar-refractivity contribution in [2.75, 3.05) is 11.4 Å². The van der Waals surface area contributed by atoms with E-state index in [1.165, 1.54) is 15.9 Å².